The molecule has 0 unspecified atom stereocenters. The maximum atomic E-state index is 11.7. The highest BCUT2D eigenvalue weighted by Crippen LogP contribution is 2.25. The fourth-order valence-corrected chi connectivity index (χ4v) is 2.06. The van der Waals surface area contributed by atoms with Crippen molar-refractivity contribution in [3.05, 3.63) is 29.3 Å². The van der Waals surface area contributed by atoms with Gasteiger partial charge in [-0.25, -0.2) is 9.79 Å². The normalized spacial score (nSPS) is 14.7. The minimum Gasteiger partial charge on any atom is -0.496 e. The molecule has 6 heteroatoms. The van der Waals surface area contributed by atoms with Crippen LogP contribution >= 0.6 is 0 Å². The Kier molecular flexibility index (Phi) is 4.67. The van der Waals surface area contributed by atoms with E-state index >= 15 is 0 Å². The summed E-state index contributed by atoms with van der Waals surface area (Å²) in [6.45, 7) is 0.414. The molecular formula is C15H21N3O3. The fourth-order valence-electron chi connectivity index (χ4n) is 2.06. The van der Waals surface area contributed by atoms with Crippen molar-refractivity contribution in [2.45, 2.75) is 25.4 Å². The largest absolute Gasteiger partial charge is 0.496 e. The molecule has 0 aromatic heterocycles. The lowest BCUT2D eigenvalue weighted by Gasteiger charge is -2.17. The average molecular weight is 291 g/mol. The maximum absolute atomic E-state index is 11.7. The molecule has 0 atom stereocenters. The second-order valence-electron chi connectivity index (χ2n) is 5.04. The van der Waals surface area contributed by atoms with E-state index in [1.54, 1.807) is 12.1 Å². The number of nitrogens with two attached hydrogens (primary N) is 1. The van der Waals surface area contributed by atoms with E-state index in [9.17, 15) is 4.79 Å². The van der Waals surface area contributed by atoms with Crippen LogP contribution in [0.1, 0.15) is 28.8 Å². The third-order valence-corrected chi connectivity index (χ3v) is 3.55. The number of ether oxygens (including phenoxy) is 2. The Morgan fingerprint density at radius 2 is 2.14 bits per heavy atom. The molecule has 6 nitrogen and oxygen atoms in total. The molecule has 1 aromatic carbocycles. The van der Waals surface area contributed by atoms with Gasteiger partial charge in [0.25, 0.3) is 0 Å². The topological polar surface area (TPSA) is 77.1 Å². The standard InChI is InChI=1S/C15H21N3O3/c1-18(11-5-6-11)15(16)17-9-10-4-7-13(20-2)12(8-10)14(19)21-3/h4,7-8,11H,5-6,9H2,1-3H3,(H2,16,17). The first-order valence-corrected chi connectivity index (χ1v) is 6.84. The van der Waals surface area contributed by atoms with Gasteiger partial charge in [-0.15, -0.1) is 0 Å². The molecule has 21 heavy (non-hydrogen) atoms. The van der Waals surface area contributed by atoms with Gasteiger partial charge in [0.15, 0.2) is 5.96 Å². The zero-order valence-corrected chi connectivity index (χ0v) is 12.6. The average Bonchev–Trinajstić information content (AvgIpc) is 3.35. The zero-order chi connectivity index (χ0) is 15.4. The Hall–Kier alpha value is -2.24. The molecule has 0 saturated heterocycles. The van der Waals surface area contributed by atoms with Gasteiger partial charge in [0.1, 0.15) is 11.3 Å². The summed E-state index contributed by atoms with van der Waals surface area (Å²) in [6, 6.07) is 5.84. The molecule has 114 valence electrons. The van der Waals surface area contributed by atoms with Gasteiger partial charge in [0, 0.05) is 13.1 Å². The maximum Gasteiger partial charge on any atom is 0.341 e. The smallest absolute Gasteiger partial charge is 0.341 e. The van der Waals surface area contributed by atoms with Crippen LogP contribution in [0.3, 0.4) is 0 Å². The molecule has 0 spiro atoms. The monoisotopic (exact) mass is 291 g/mol. The number of hydrogen-bond acceptors (Lipinski definition) is 4. The summed E-state index contributed by atoms with van der Waals surface area (Å²) in [5, 5.41) is 0. The summed E-state index contributed by atoms with van der Waals surface area (Å²) >= 11 is 0. The van der Waals surface area contributed by atoms with E-state index < -0.39 is 5.97 Å². The molecule has 1 saturated carbocycles. The van der Waals surface area contributed by atoms with Crippen LogP contribution in [0.15, 0.2) is 23.2 Å². The quantitative estimate of drug-likeness (QED) is 0.504. The summed E-state index contributed by atoms with van der Waals surface area (Å²) in [7, 11) is 4.81. The molecule has 2 N–H and O–H groups in total. The van der Waals surface area contributed by atoms with Crippen molar-refractivity contribution in [2.75, 3.05) is 21.3 Å². The highest BCUT2D eigenvalue weighted by molar-refractivity contribution is 5.92. The van der Waals surface area contributed by atoms with Crippen molar-refractivity contribution in [3.8, 4) is 5.75 Å². The van der Waals surface area contributed by atoms with Crippen molar-refractivity contribution in [1.82, 2.24) is 4.90 Å². The van der Waals surface area contributed by atoms with Gasteiger partial charge in [-0.2, -0.15) is 0 Å². The second-order valence-corrected chi connectivity index (χ2v) is 5.04. The van der Waals surface area contributed by atoms with Crippen molar-refractivity contribution >= 4 is 11.9 Å². The van der Waals surface area contributed by atoms with Crippen LogP contribution in [-0.2, 0) is 11.3 Å². The summed E-state index contributed by atoms with van der Waals surface area (Å²) in [6.07, 6.45) is 2.34. The second kappa shape index (κ2) is 6.47. The van der Waals surface area contributed by atoms with Crippen molar-refractivity contribution in [2.24, 2.45) is 10.7 Å². The Labute approximate surface area is 124 Å². The number of guanidine groups is 1. The number of hydrogen-bond donors (Lipinski definition) is 1. The Balaban J connectivity index is 2.13. The lowest BCUT2D eigenvalue weighted by molar-refractivity contribution is 0.0597. The minimum absolute atomic E-state index is 0.391. The number of nitrogens with zero attached hydrogens (tertiary/aromatic N) is 2. The van der Waals surface area contributed by atoms with Crippen LogP contribution in [0.5, 0.6) is 5.75 Å². The van der Waals surface area contributed by atoms with E-state index in [1.807, 2.05) is 18.0 Å². The van der Waals surface area contributed by atoms with Crippen LogP contribution in [0.2, 0.25) is 0 Å². The molecule has 0 bridgehead atoms. The number of rotatable bonds is 5. The number of aliphatic imine (C=N–C) groups is 1. The molecule has 1 aliphatic carbocycles. The van der Waals surface area contributed by atoms with Crippen molar-refractivity contribution in [1.29, 1.82) is 0 Å². The predicted octanol–water partition coefficient (Wildman–Crippen LogP) is 1.39. The number of carbonyl (C=O) groups is 1. The fraction of sp³-hybridized carbons (Fsp3) is 0.467. The van der Waals surface area contributed by atoms with Gasteiger partial charge >= 0.3 is 5.97 Å². The van der Waals surface area contributed by atoms with Crippen molar-refractivity contribution in [3.63, 3.8) is 0 Å². The summed E-state index contributed by atoms with van der Waals surface area (Å²) in [4.78, 5) is 18.1. The van der Waals surface area contributed by atoms with Gasteiger partial charge in [-0.05, 0) is 30.5 Å². The molecule has 1 aliphatic rings. The Morgan fingerprint density at radius 1 is 1.43 bits per heavy atom. The first-order chi connectivity index (χ1) is 10.1. The van der Waals surface area contributed by atoms with Crippen LogP contribution in [0, 0.1) is 0 Å². The Morgan fingerprint density at radius 3 is 2.71 bits per heavy atom. The van der Waals surface area contributed by atoms with Crippen molar-refractivity contribution < 1.29 is 14.3 Å². The molecule has 2 rings (SSSR count). The van der Waals surface area contributed by atoms with Crippen LogP contribution < -0.4 is 10.5 Å². The molecule has 1 fully saturated rings. The molecular weight excluding hydrogens is 270 g/mol. The van der Waals surface area contributed by atoms with E-state index in [0.29, 0.717) is 29.9 Å². The summed E-state index contributed by atoms with van der Waals surface area (Å²) in [5.74, 6) is 0.575. The molecule has 1 aromatic rings. The van der Waals surface area contributed by atoms with Crippen LogP contribution in [-0.4, -0.2) is 44.1 Å². The van der Waals surface area contributed by atoms with Gasteiger partial charge in [0.05, 0.1) is 20.8 Å². The highest BCUT2D eigenvalue weighted by atomic mass is 16.5. The lowest BCUT2D eigenvalue weighted by Crippen LogP contribution is -2.35. The van der Waals surface area contributed by atoms with Gasteiger partial charge in [-0.3, -0.25) is 0 Å². The minimum atomic E-state index is -0.430. The van der Waals surface area contributed by atoms with Gasteiger partial charge < -0.3 is 20.1 Å². The molecule has 0 amide bonds. The zero-order valence-electron chi connectivity index (χ0n) is 12.6. The first kappa shape index (κ1) is 15.2. The van der Waals surface area contributed by atoms with Gasteiger partial charge in [0.2, 0.25) is 0 Å². The molecule has 0 heterocycles. The van der Waals surface area contributed by atoms with Gasteiger partial charge in [-0.1, -0.05) is 6.07 Å². The highest BCUT2D eigenvalue weighted by Gasteiger charge is 2.27. The first-order valence-electron chi connectivity index (χ1n) is 6.84. The number of benzene rings is 1. The summed E-state index contributed by atoms with van der Waals surface area (Å²) in [5.41, 5.74) is 7.21. The lowest BCUT2D eigenvalue weighted by atomic mass is 10.1. The predicted molar refractivity (Wildman–Crippen MR) is 80.4 cm³/mol. The van der Waals surface area contributed by atoms with Crippen LogP contribution in [0.25, 0.3) is 0 Å². The molecule has 0 aliphatic heterocycles. The van der Waals surface area contributed by atoms with E-state index in [2.05, 4.69) is 4.99 Å². The summed E-state index contributed by atoms with van der Waals surface area (Å²) < 4.78 is 9.91. The SMILES string of the molecule is COC(=O)c1cc(CN=C(N)N(C)C2CC2)ccc1OC. The third kappa shape index (κ3) is 3.65. The van der Waals surface area contributed by atoms with E-state index in [0.717, 1.165) is 5.56 Å². The van der Waals surface area contributed by atoms with E-state index in [1.165, 1.54) is 27.1 Å². The number of esters is 1. The van der Waals surface area contributed by atoms with Crippen LogP contribution in [0.4, 0.5) is 0 Å². The number of methoxy groups -OCH3 is 2. The van der Waals surface area contributed by atoms with E-state index in [-0.39, 0.29) is 0 Å². The van der Waals surface area contributed by atoms with E-state index in [4.69, 9.17) is 15.2 Å². The number of carbonyl (C=O) groups excluding carboxylic acids is 1. The third-order valence-electron chi connectivity index (χ3n) is 3.55. The Bertz CT molecular complexity index is 553. The molecule has 0 radical (unpaired) electrons.